The maximum absolute atomic E-state index is 13.5. The molecule has 12 heteroatoms. The molecule has 0 radical (unpaired) electrons. The molecule has 0 saturated heterocycles. The van der Waals surface area contributed by atoms with Crippen molar-refractivity contribution in [3.8, 4) is 22.5 Å². The van der Waals surface area contributed by atoms with Crippen molar-refractivity contribution >= 4 is 46.0 Å². The normalized spacial score (nSPS) is 10.9. The summed E-state index contributed by atoms with van der Waals surface area (Å²) in [5.41, 5.74) is 6.69. The molecule has 270 valence electrons. The van der Waals surface area contributed by atoms with Crippen molar-refractivity contribution in [2.45, 2.75) is 45.1 Å². The van der Waals surface area contributed by atoms with Crippen molar-refractivity contribution in [3.05, 3.63) is 101 Å². The maximum Gasteiger partial charge on any atom is 0.336 e. The Morgan fingerprint density at radius 2 is 1.50 bits per heavy atom. The predicted molar refractivity (Wildman–Crippen MR) is 201 cm³/mol. The van der Waals surface area contributed by atoms with Crippen molar-refractivity contribution in [3.63, 3.8) is 0 Å². The van der Waals surface area contributed by atoms with E-state index in [1.165, 1.54) is 12.1 Å². The Morgan fingerprint density at radius 3 is 2.15 bits per heavy atom. The molecule has 0 bridgehead atoms. The third-order valence-corrected chi connectivity index (χ3v) is 8.88. The van der Waals surface area contributed by atoms with Crippen molar-refractivity contribution in [1.82, 2.24) is 15.4 Å². The fraction of sp³-hybridized carbons (Fsp3) is 0.275. The summed E-state index contributed by atoms with van der Waals surface area (Å²) in [4.78, 5) is 51.5. The van der Waals surface area contributed by atoms with Gasteiger partial charge in [0.2, 0.25) is 17.2 Å². The summed E-state index contributed by atoms with van der Waals surface area (Å²) in [5, 5.41) is 26.3. The zero-order chi connectivity index (χ0) is 37.4. The van der Waals surface area contributed by atoms with Gasteiger partial charge in [-0.2, -0.15) is 0 Å². The molecule has 5 N–H and O–H groups in total. The number of fused-ring (bicyclic) bond motifs is 2. The molecular formula is C40H44N5O7+. The lowest BCUT2D eigenvalue weighted by atomic mass is 9.89. The Labute approximate surface area is 301 Å². The second kappa shape index (κ2) is 16.8. The molecule has 5 rings (SSSR count). The van der Waals surface area contributed by atoms with Crippen LogP contribution in [0.4, 0.5) is 11.4 Å². The van der Waals surface area contributed by atoms with Crippen LogP contribution in [0.25, 0.3) is 33.4 Å². The minimum absolute atomic E-state index is 0.0587. The van der Waals surface area contributed by atoms with Crippen molar-refractivity contribution in [2.24, 2.45) is 0 Å². The maximum atomic E-state index is 13.5. The third-order valence-electron chi connectivity index (χ3n) is 8.88. The highest BCUT2D eigenvalue weighted by Crippen LogP contribution is 2.42. The van der Waals surface area contributed by atoms with Gasteiger partial charge in [-0.05, 0) is 72.5 Å². The van der Waals surface area contributed by atoms with Gasteiger partial charge in [-0.3, -0.25) is 19.6 Å². The van der Waals surface area contributed by atoms with Gasteiger partial charge >= 0.3 is 5.97 Å². The van der Waals surface area contributed by atoms with E-state index in [0.29, 0.717) is 63.9 Å². The number of anilines is 2. The molecule has 12 nitrogen and oxygen atoms in total. The number of rotatable bonds is 14. The van der Waals surface area contributed by atoms with Crippen molar-refractivity contribution < 1.29 is 33.9 Å². The van der Waals surface area contributed by atoms with E-state index in [2.05, 4.69) is 10.6 Å². The van der Waals surface area contributed by atoms with Gasteiger partial charge in [-0.1, -0.05) is 25.0 Å². The first-order valence-corrected chi connectivity index (χ1v) is 17.1. The number of amides is 3. The van der Waals surface area contributed by atoms with E-state index in [0.717, 1.165) is 29.4 Å². The van der Waals surface area contributed by atoms with E-state index in [1.54, 1.807) is 23.7 Å². The number of carbonyl (C=O) groups excluding carboxylic acids is 3. The van der Waals surface area contributed by atoms with Gasteiger partial charge in [0.1, 0.15) is 25.4 Å². The van der Waals surface area contributed by atoms with Gasteiger partial charge < -0.3 is 25.1 Å². The van der Waals surface area contributed by atoms with Crippen LogP contribution >= 0.6 is 0 Å². The average molecular weight is 707 g/mol. The Hall–Kier alpha value is -6.01. The highest BCUT2D eigenvalue weighted by Gasteiger charge is 2.24. The number of benzene rings is 4. The lowest BCUT2D eigenvalue weighted by Gasteiger charge is -2.19. The van der Waals surface area contributed by atoms with Crippen LogP contribution < -0.4 is 30.9 Å². The topological polar surface area (TPSA) is 164 Å². The predicted octanol–water partition coefficient (Wildman–Crippen LogP) is 5.72. The first-order valence-electron chi connectivity index (χ1n) is 17.1. The molecular weight excluding hydrogens is 662 g/mol. The molecule has 3 aromatic carbocycles. The van der Waals surface area contributed by atoms with Crippen molar-refractivity contribution in [2.75, 3.05) is 38.4 Å². The molecule has 1 heterocycles. The second-order valence-corrected chi connectivity index (χ2v) is 13.1. The first kappa shape index (κ1) is 37.3. The van der Waals surface area contributed by atoms with Crippen molar-refractivity contribution in [1.29, 1.82) is 0 Å². The van der Waals surface area contributed by atoms with Gasteiger partial charge in [0, 0.05) is 79.1 Å². The average Bonchev–Trinajstić information content (AvgIpc) is 3.13. The lowest BCUT2D eigenvalue weighted by Crippen LogP contribution is -2.23. The van der Waals surface area contributed by atoms with E-state index < -0.39 is 11.9 Å². The molecule has 0 fully saturated rings. The van der Waals surface area contributed by atoms with Gasteiger partial charge in [-0.15, -0.1) is 0 Å². The van der Waals surface area contributed by atoms with Gasteiger partial charge in [-0.25, -0.2) is 14.9 Å². The number of nitrogens with one attached hydrogen (secondary N) is 3. The number of nitrogens with zero attached hydrogens (tertiary/aromatic N) is 2. The molecule has 3 aromatic rings. The second-order valence-electron chi connectivity index (χ2n) is 13.1. The minimum Gasteiger partial charge on any atom is -0.478 e. The third kappa shape index (κ3) is 9.01. The Morgan fingerprint density at radius 1 is 0.788 bits per heavy atom. The summed E-state index contributed by atoms with van der Waals surface area (Å²) >= 11 is 0. The smallest absolute Gasteiger partial charge is 0.336 e. The van der Waals surface area contributed by atoms with Crippen LogP contribution in [0.15, 0.2) is 83.3 Å². The molecule has 0 spiro atoms. The summed E-state index contributed by atoms with van der Waals surface area (Å²) < 4.78 is 8.37. The Bertz CT molecular complexity index is 2150. The zero-order valence-corrected chi connectivity index (χ0v) is 29.8. The van der Waals surface area contributed by atoms with Crippen LogP contribution in [0.1, 0.15) is 64.8 Å². The van der Waals surface area contributed by atoms with Crippen LogP contribution in [0.5, 0.6) is 0 Å². The van der Waals surface area contributed by atoms with Crippen LogP contribution in [-0.2, 0) is 16.1 Å². The molecule has 0 aromatic heterocycles. The molecule has 0 unspecified atom stereocenters. The first-order chi connectivity index (χ1) is 24.9. The summed E-state index contributed by atoms with van der Waals surface area (Å²) in [6.45, 7) is 0.216. The minimum atomic E-state index is -1.12. The standard InChI is InChI=1S/C40H43N5O7/c1-44(2)28-16-19-31-34(22-28)52-35-23-29(45(3)4)17-20-32(35)38(31)33-21-26(13-18-30(33)40(49)50)39(48)41-24-25-11-14-27(15-12-25)42-36(46)9-7-5-6-8-10-37(47)43-51/h11-23H,5-10,24H2,1-4H3,(H4-,41,42,43,46,47,48,49,50,51)/p+1. The van der Waals surface area contributed by atoms with E-state index in [9.17, 15) is 24.3 Å². The Kier molecular flexibility index (Phi) is 12.0. The number of carbonyl (C=O) groups is 4. The van der Waals surface area contributed by atoms with Crippen LogP contribution in [-0.4, -0.2) is 62.2 Å². The number of carboxylic acids is 1. The molecule has 1 aliphatic heterocycles. The summed E-state index contributed by atoms with van der Waals surface area (Å²) in [7, 11) is 7.73. The highest BCUT2D eigenvalue weighted by molar-refractivity contribution is 6.09. The molecule has 1 aliphatic carbocycles. The molecule has 3 amide bonds. The summed E-state index contributed by atoms with van der Waals surface area (Å²) in [5.74, 6) is -1.43. The van der Waals surface area contributed by atoms with E-state index in [-0.39, 0.29) is 30.3 Å². The van der Waals surface area contributed by atoms with Crippen LogP contribution in [0.2, 0.25) is 0 Å². The number of hydroxylamine groups is 1. The quantitative estimate of drug-likeness (QED) is 0.0322. The number of carboxylic acid groups (broad SMARTS) is 1. The number of hydrogen-bond donors (Lipinski definition) is 5. The van der Waals surface area contributed by atoms with E-state index >= 15 is 0 Å². The fourth-order valence-electron chi connectivity index (χ4n) is 5.99. The number of aromatic carboxylic acids is 1. The lowest BCUT2D eigenvalue weighted by molar-refractivity contribution is -0.129. The largest absolute Gasteiger partial charge is 0.478 e. The Balaban J connectivity index is 1.33. The molecule has 0 saturated carbocycles. The molecule has 52 heavy (non-hydrogen) atoms. The number of unbranched alkanes of at least 4 members (excludes halogenated alkanes) is 3. The van der Waals surface area contributed by atoms with Crippen LogP contribution in [0.3, 0.4) is 0 Å². The molecule has 0 atom stereocenters. The van der Waals surface area contributed by atoms with Gasteiger partial charge in [0.15, 0.2) is 0 Å². The highest BCUT2D eigenvalue weighted by atomic mass is 16.5. The van der Waals surface area contributed by atoms with E-state index in [4.69, 9.17) is 9.62 Å². The van der Waals surface area contributed by atoms with Gasteiger partial charge in [0.05, 0.1) is 11.6 Å². The number of hydrogen-bond acceptors (Lipinski definition) is 7. The van der Waals surface area contributed by atoms with Gasteiger partial charge in [0.25, 0.3) is 5.91 Å². The molecule has 2 aliphatic rings. The van der Waals surface area contributed by atoms with Crippen LogP contribution in [0, 0.1) is 0 Å². The van der Waals surface area contributed by atoms with E-state index in [1.807, 2.05) is 86.2 Å². The fourth-order valence-corrected chi connectivity index (χ4v) is 5.99. The SMILES string of the molecule is CN(C)c1ccc2c(-c3cc(C(=O)NCc4ccc(NC(=O)CCCCCCC(=O)NO)cc4)ccc3C(=O)O)c3ccc(=[N+](C)C)cc-3oc2c1. The zero-order valence-electron chi connectivity index (χ0n) is 29.8. The summed E-state index contributed by atoms with van der Waals surface area (Å²) in [6.07, 6.45) is 3.53. The monoisotopic (exact) mass is 706 g/mol. The summed E-state index contributed by atoms with van der Waals surface area (Å²) in [6, 6.07) is 23.3.